The molecule has 0 radical (unpaired) electrons. The van der Waals surface area contributed by atoms with Gasteiger partial charge in [0.2, 0.25) is 26.0 Å². The van der Waals surface area contributed by atoms with Gasteiger partial charge in [0.25, 0.3) is 0 Å². The fraction of sp³-hybridized carbons (Fsp3) is 0.483. The number of rotatable bonds is 12. The summed E-state index contributed by atoms with van der Waals surface area (Å²) in [5.41, 5.74) is 0.414. The SMILES string of the molecule is C=CS(=O)(=O)NCC1CCN(S(=O)(=O)c2ccc(C(CC3CCCNC3)C(=O)NCc3ccc(C(F)(F)F)cc3)cc2)C1. The highest BCUT2D eigenvalue weighted by atomic mass is 32.2. The quantitative estimate of drug-likeness (QED) is 0.325. The third kappa shape index (κ3) is 8.88. The second-order valence-corrected chi connectivity index (χ2v) is 14.7. The second-order valence-electron chi connectivity index (χ2n) is 11.1. The summed E-state index contributed by atoms with van der Waals surface area (Å²) in [6.07, 6.45) is -1.47. The van der Waals surface area contributed by atoms with E-state index in [1.54, 1.807) is 12.1 Å². The van der Waals surface area contributed by atoms with Gasteiger partial charge in [0.05, 0.1) is 16.4 Å². The fourth-order valence-corrected chi connectivity index (χ4v) is 7.59. The highest BCUT2D eigenvalue weighted by Gasteiger charge is 2.34. The van der Waals surface area contributed by atoms with Crippen molar-refractivity contribution in [1.82, 2.24) is 19.7 Å². The van der Waals surface area contributed by atoms with Crippen molar-refractivity contribution in [3.8, 4) is 0 Å². The standard InChI is InChI=1S/C29H37F3N4O5S2/c1-2-42(38,39)35-19-23-13-15-36(20-23)43(40,41)26-11-7-24(8-12-26)27(16-22-4-3-14-33-17-22)28(37)34-18-21-5-9-25(10-6-21)29(30,31)32/h2,5-12,22-23,27,33,35H,1,3-4,13-20H2,(H,34,37). The lowest BCUT2D eigenvalue weighted by Gasteiger charge is -2.27. The average Bonchev–Trinajstić information content (AvgIpc) is 3.48. The van der Waals surface area contributed by atoms with Crippen molar-refractivity contribution < 1.29 is 34.8 Å². The number of amides is 1. The molecule has 0 aliphatic carbocycles. The van der Waals surface area contributed by atoms with Gasteiger partial charge >= 0.3 is 6.18 Å². The Morgan fingerprint density at radius 1 is 1.05 bits per heavy atom. The van der Waals surface area contributed by atoms with Gasteiger partial charge in [-0.1, -0.05) is 30.8 Å². The third-order valence-corrected chi connectivity index (χ3v) is 10.9. The lowest BCUT2D eigenvalue weighted by Crippen LogP contribution is -2.35. The Kier molecular flexibility index (Phi) is 10.7. The molecule has 2 heterocycles. The number of nitrogens with one attached hydrogen (secondary N) is 3. The molecule has 3 N–H and O–H groups in total. The van der Waals surface area contributed by atoms with E-state index < -0.39 is 37.7 Å². The first-order valence-electron chi connectivity index (χ1n) is 14.2. The molecule has 0 bridgehead atoms. The number of hydrogen-bond acceptors (Lipinski definition) is 6. The summed E-state index contributed by atoms with van der Waals surface area (Å²) in [5.74, 6) is -0.805. The fourth-order valence-electron chi connectivity index (χ4n) is 5.47. The number of carbonyl (C=O) groups is 1. The number of hydrogen-bond donors (Lipinski definition) is 3. The first-order chi connectivity index (χ1) is 20.3. The Morgan fingerprint density at radius 3 is 2.35 bits per heavy atom. The summed E-state index contributed by atoms with van der Waals surface area (Å²) in [5, 5.41) is 6.99. The predicted octanol–water partition coefficient (Wildman–Crippen LogP) is 3.57. The first kappa shape index (κ1) is 33.1. The van der Waals surface area contributed by atoms with Crippen LogP contribution in [0.2, 0.25) is 0 Å². The van der Waals surface area contributed by atoms with Crippen molar-refractivity contribution >= 4 is 26.0 Å². The zero-order chi connectivity index (χ0) is 31.3. The average molecular weight is 643 g/mol. The summed E-state index contributed by atoms with van der Waals surface area (Å²) in [4.78, 5) is 13.5. The molecule has 3 atom stereocenters. The van der Waals surface area contributed by atoms with Gasteiger partial charge in [-0.3, -0.25) is 4.79 Å². The zero-order valence-electron chi connectivity index (χ0n) is 23.6. The number of carbonyl (C=O) groups excluding carboxylic acids is 1. The number of sulfonamides is 2. The van der Waals surface area contributed by atoms with Crippen molar-refractivity contribution in [2.75, 3.05) is 32.7 Å². The number of piperidine rings is 1. The molecule has 43 heavy (non-hydrogen) atoms. The molecule has 2 aliphatic rings. The Labute approximate surface area is 251 Å². The molecule has 0 spiro atoms. The van der Waals surface area contributed by atoms with Crippen molar-refractivity contribution in [3.05, 3.63) is 77.2 Å². The van der Waals surface area contributed by atoms with Crippen molar-refractivity contribution in [2.24, 2.45) is 11.8 Å². The van der Waals surface area contributed by atoms with Gasteiger partial charge in [0.1, 0.15) is 0 Å². The molecule has 2 saturated heterocycles. The molecule has 4 rings (SSSR count). The van der Waals surface area contributed by atoms with Crippen LogP contribution >= 0.6 is 0 Å². The minimum atomic E-state index is -4.44. The van der Waals surface area contributed by atoms with Crippen LogP contribution in [0.25, 0.3) is 0 Å². The monoisotopic (exact) mass is 642 g/mol. The lowest BCUT2D eigenvalue weighted by atomic mass is 9.84. The van der Waals surface area contributed by atoms with Crippen LogP contribution in [0.5, 0.6) is 0 Å². The summed E-state index contributed by atoms with van der Waals surface area (Å²) in [6.45, 7) is 5.52. The Hall–Kier alpha value is -2.78. The van der Waals surface area contributed by atoms with E-state index >= 15 is 0 Å². The normalized spacial score (nSPS) is 20.9. The molecule has 236 valence electrons. The van der Waals surface area contributed by atoms with Gasteiger partial charge in [-0.2, -0.15) is 17.5 Å². The van der Waals surface area contributed by atoms with E-state index in [4.69, 9.17) is 0 Å². The topological polar surface area (TPSA) is 125 Å². The summed E-state index contributed by atoms with van der Waals surface area (Å²) in [6, 6.07) is 10.9. The van der Waals surface area contributed by atoms with E-state index in [0.29, 0.717) is 24.0 Å². The minimum absolute atomic E-state index is 0.0575. The molecule has 2 aromatic rings. The van der Waals surface area contributed by atoms with Gasteiger partial charge in [-0.25, -0.2) is 21.6 Å². The maximum absolute atomic E-state index is 13.4. The van der Waals surface area contributed by atoms with E-state index in [2.05, 4.69) is 21.9 Å². The van der Waals surface area contributed by atoms with Crippen LogP contribution in [0.1, 0.15) is 48.3 Å². The number of alkyl halides is 3. The van der Waals surface area contributed by atoms with Crippen LogP contribution < -0.4 is 15.4 Å². The lowest BCUT2D eigenvalue weighted by molar-refractivity contribution is -0.137. The Bertz CT molecular complexity index is 1480. The van der Waals surface area contributed by atoms with E-state index in [-0.39, 0.29) is 48.8 Å². The van der Waals surface area contributed by atoms with Crippen molar-refractivity contribution in [3.63, 3.8) is 0 Å². The van der Waals surface area contributed by atoms with Gasteiger partial charge in [0.15, 0.2) is 0 Å². The predicted molar refractivity (Wildman–Crippen MR) is 157 cm³/mol. The van der Waals surface area contributed by atoms with E-state index in [1.165, 1.54) is 28.6 Å². The minimum Gasteiger partial charge on any atom is -0.351 e. The zero-order valence-corrected chi connectivity index (χ0v) is 25.3. The second kappa shape index (κ2) is 13.9. The third-order valence-electron chi connectivity index (χ3n) is 7.99. The molecule has 1 amide bonds. The molecule has 3 unspecified atom stereocenters. The molecule has 2 aliphatic heterocycles. The van der Waals surface area contributed by atoms with Crippen molar-refractivity contribution in [2.45, 2.75) is 49.2 Å². The first-order valence-corrected chi connectivity index (χ1v) is 17.1. The largest absolute Gasteiger partial charge is 0.416 e. The maximum atomic E-state index is 13.4. The van der Waals surface area contributed by atoms with Crippen LogP contribution in [0.3, 0.4) is 0 Å². The molecule has 0 aromatic heterocycles. The molecule has 14 heteroatoms. The van der Waals surface area contributed by atoms with E-state index in [0.717, 1.165) is 43.5 Å². The molecular formula is C29H37F3N4O5S2. The number of benzene rings is 2. The van der Waals surface area contributed by atoms with Crippen LogP contribution in [0.15, 0.2) is 65.4 Å². The summed E-state index contributed by atoms with van der Waals surface area (Å²) in [7, 11) is -7.44. The van der Waals surface area contributed by atoms with Crippen LogP contribution in [-0.4, -0.2) is 59.8 Å². The van der Waals surface area contributed by atoms with E-state index in [9.17, 15) is 34.8 Å². The molecule has 0 saturated carbocycles. The van der Waals surface area contributed by atoms with Crippen LogP contribution in [0, 0.1) is 11.8 Å². The van der Waals surface area contributed by atoms with Gasteiger partial charge in [0, 0.05) is 31.6 Å². The summed E-state index contributed by atoms with van der Waals surface area (Å²) < 4.78 is 92.4. The highest BCUT2D eigenvalue weighted by molar-refractivity contribution is 7.92. The van der Waals surface area contributed by atoms with Crippen LogP contribution in [0.4, 0.5) is 13.2 Å². The Morgan fingerprint density at radius 2 is 1.74 bits per heavy atom. The summed E-state index contributed by atoms with van der Waals surface area (Å²) >= 11 is 0. The smallest absolute Gasteiger partial charge is 0.351 e. The van der Waals surface area contributed by atoms with Gasteiger partial charge in [-0.15, -0.1) is 0 Å². The Balaban J connectivity index is 1.45. The molecule has 2 fully saturated rings. The number of nitrogens with zero attached hydrogens (tertiary/aromatic N) is 1. The van der Waals surface area contributed by atoms with Crippen LogP contribution in [-0.2, 0) is 37.6 Å². The maximum Gasteiger partial charge on any atom is 0.416 e. The van der Waals surface area contributed by atoms with Gasteiger partial charge in [-0.05, 0) is 86.0 Å². The number of halogens is 3. The molecule has 9 nitrogen and oxygen atoms in total. The van der Waals surface area contributed by atoms with Crippen molar-refractivity contribution in [1.29, 1.82) is 0 Å². The van der Waals surface area contributed by atoms with Gasteiger partial charge < -0.3 is 10.6 Å². The molecular weight excluding hydrogens is 605 g/mol. The highest BCUT2D eigenvalue weighted by Crippen LogP contribution is 2.31. The van der Waals surface area contributed by atoms with E-state index in [1.807, 2.05) is 0 Å². The molecule has 2 aromatic carbocycles.